The number of carbonyl (C=O) groups is 2. The summed E-state index contributed by atoms with van der Waals surface area (Å²) in [5.74, 6) is 0.644. The first-order chi connectivity index (χ1) is 9.76. The van der Waals surface area contributed by atoms with Gasteiger partial charge in [0.05, 0.1) is 12.6 Å². The van der Waals surface area contributed by atoms with Crippen molar-refractivity contribution in [2.24, 2.45) is 0 Å². The number of hydrogen-bond acceptors (Lipinski definition) is 4. The molecule has 0 radical (unpaired) electrons. The van der Waals surface area contributed by atoms with Crippen LogP contribution in [-0.2, 0) is 4.74 Å². The molecule has 0 spiro atoms. The average molecular weight is 289 g/mol. The van der Waals surface area contributed by atoms with Crippen molar-refractivity contribution in [3.8, 4) is 5.75 Å². The molecule has 0 aliphatic heterocycles. The highest BCUT2D eigenvalue weighted by Crippen LogP contribution is 2.29. The third-order valence-electron chi connectivity index (χ3n) is 3.05. The fourth-order valence-electron chi connectivity index (χ4n) is 2.23. The first-order valence-electron chi connectivity index (χ1n) is 6.65. The van der Waals surface area contributed by atoms with Gasteiger partial charge in [-0.15, -0.1) is 0 Å². The predicted molar refractivity (Wildman–Crippen MR) is 80.2 cm³/mol. The second-order valence-corrected chi connectivity index (χ2v) is 5.89. The van der Waals surface area contributed by atoms with Gasteiger partial charge in [0.15, 0.2) is 6.29 Å². The van der Waals surface area contributed by atoms with E-state index in [0.29, 0.717) is 22.2 Å². The minimum absolute atomic E-state index is 0.429. The van der Waals surface area contributed by atoms with Gasteiger partial charge in [0, 0.05) is 17.1 Å². The Labute approximate surface area is 123 Å². The van der Waals surface area contributed by atoms with Crippen LogP contribution >= 0.6 is 0 Å². The number of aryl methyl sites for hydroxylation is 1. The van der Waals surface area contributed by atoms with Crippen LogP contribution in [0.1, 0.15) is 36.7 Å². The van der Waals surface area contributed by atoms with E-state index >= 15 is 0 Å². The molecule has 1 aromatic carbocycles. The van der Waals surface area contributed by atoms with Crippen molar-refractivity contribution in [3.05, 3.63) is 29.5 Å². The zero-order valence-electron chi connectivity index (χ0n) is 12.9. The summed E-state index contributed by atoms with van der Waals surface area (Å²) in [6.07, 6.45) is 1.72. The summed E-state index contributed by atoms with van der Waals surface area (Å²) >= 11 is 0. The molecular formula is C16H19NO4. The molecular weight excluding hydrogens is 270 g/mol. The lowest BCUT2D eigenvalue weighted by Gasteiger charge is -2.20. The van der Waals surface area contributed by atoms with Crippen LogP contribution in [0, 0.1) is 6.92 Å². The van der Waals surface area contributed by atoms with E-state index in [-0.39, 0.29) is 0 Å². The largest absolute Gasteiger partial charge is 0.497 e. The lowest BCUT2D eigenvalue weighted by atomic mass is 10.1. The van der Waals surface area contributed by atoms with Gasteiger partial charge in [-0.3, -0.25) is 9.36 Å². The monoisotopic (exact) mass is 289 g/mol. The Morgan fingerprint density at radius 3 is 2.48 bits per heavy atom. The third-order valence-corrected chi connectivity index (χ3v) is 3.05. The van der Waals surface area contributed by atoms with E-state index in [2.05, 4.69) is 0 Å². The van der Waals surface area contributed by atoms with E-state index in [4.69, 9.17) is 9.47 Å². The van der Waals surface area contributed by atoms with Gasteiger partial charge in [0.2, 0.25) is 0 Å². The molecule has 1 aromatic heterocycles. The molecule has 0 aliphatic carbocycles. The average Bonchev–Trinajstić information content (AvgIpc) is 2.75. The van der Waals surface area contributed by atoms with Crippen molar-refractivity contribution >= 4 is 23.3 Å². The van der Waals surface area contributed by atoms with Crippen molar-refractivity contribution in [1.82, 2.24) is 4.57 Å². The Hall–Kier alpha value is -2.30. The molecule has 5 heteroatoms. The van der Waals surface area contributed by atoms with Gasteiger partial charge in [0.25, 0.3) is 0 Å². The van der Waals surface area contributed by atoms with E-state index in [1.165, 1.54) is 10.8 Å². The number of rotatable bonds is 2. The smallest absolute Gasteiger partial charge is 0.419 e. The molecule has 0 saturated carbocycles. The maximum atomic E-state index is 12.3. The van der Waals surface area contributed by atoms with Gasteiger partial charge < -0.3 is 9.47 Å². The van der Waals surface area contributed by atoms with Crippen molar-refractivity contribution < 1.29 is 19.1 Å². The second kappa shape index (κ2) is 5.24. The Balaban J connectivity index is 2.65. The van der Waals surface area contributed by atoms with E-state index < -0.39 is 11.7 Å². The van der Waals surface area contributed by atoms with Crippen molar-refractivity contribution in [2.45, 2.75) is 33.3 Å². The predicted octanol–water partition coefficient (Wildman–Crippen LogP) is 3.55. The normalized spacial score (nSPS) is 11.5. The summed E-state index contributed by atoms with van der Waals surface area (Å²) in [5, 5.41) is 0.674. The molecule has 1 heterocycles. The summed E-state index contributed by atoms with van der Waals surface area (Å²) < 4.78 is 12.0. The topological polar surface area (TPSA) is 57.5 Å². The van der Waals surface area contributed by atoms with Gasteiger partial charge in [-0.05, 0) is 45.4 Å². The van der Waals surface area contributed by atoms with Crippen LogP contribution in [-0.4, -0.2) is 29.7 Å². The van der Waals surface area contributed by atoms with Crippen LogP contribution in [0.15, 0.2) is 18.3 Å². The zero-order chi connectivity index (χ0) is 15.8. The molecule has 21 heavy (non-hydrogen) atoms. The summed E-state index contributed by atoms with van der Waals surface area (Å²) in [6.45, 7) is 7.26. The Bertz CT molecular complexity index is 707. The number of benzene rings is 1. The molecule has 5 nitrogen and oxygen atoms in total. The molecule has 2 aromatic rings. The highest BCUT2D eigenvalue weighted by molar-refractivity contribution is 6.03. The van der Waals surface area contributed by atoms with Crippen molar-refractivity contribution in [2.75, 3.05) is 7.11 Å². The highest BCUT2D eigenvalue weighted by atomic mass is 16.6. The van der Waals surface area contributed by atoms with Gasteiger partial charge in [0.1, 0.15) is 11.4 Å². The van der Waals surface area contributed by atoms with E-state index in [1.54, 1.807) is 33.9 Å². The van der Waals surface area contributed by atoms with E-state index in [1.807, 2.05) is 13.0 Å². The number of ether oxygens (including phenoxy) is 2. The fraction of sp³-hybridized carbons (Fsp3) is 0.375. The zero-order valence-corrected chi connectivity index (χ0v) is 12.9. The molecule has 0 atom stereocenters. The Morgan fingerprint density at radius 2 is 1.95 bits per heavy atom. The van der Waals surface area contributed by atoms with Gasteiger partial charge in [-0.25, -0.2) is 4.79 Å². The minimum atomic E-state index is -0.602. The maximum absolute atomic E-state index is 12.3. The molecule has 0 aliphatic rings. The number of nitrogens with zero attached hydrogens (tertiary/aromatic N) is 1. The number of aromatic nitrogens is 1. The van der Waals surface area contributed by atoms with Crippen molar-refractivity contribution in [3.63, 3.8) is 0 Å². The Kier molecular flexibility index (Phi) is 3.77. The minimum Gasteiger partial charge on any atom is -0.497 e. The summed E-state index contributed by atoms with van der Waals surface area (Å²) in [4.78, 5) is 23.6. The number of aldehydes is 1. The summed E-state index contributed by atoms with van der Waals surface area (Å²) in [6, 6.07) is 3.56. The molecule has 0 fully saturated rings. The summed E-state index contributed by atoms with van der Waals surface area (Å²) in [7, 11) is 1.56. The van der Waals surface area contributed by atoms with E-state index in [9.17, 15) is 9.59 Å². The molecule has 0 bridgehead atoms. The molecule has 112 valence electrons. The molecule has 0 unspecified atom stereocenters. The highest BCUT2D eigenvalue weighted by Gasteiger charge is 2.22. The number of hydrogen-bond donors (Lipinski definition) is 0. The Morgan fingerprint density at radius 1 is 1.29 bits per heavy atom. The lowest BCUT2D eigenvalue weighted by molar-refractivity contribution is 0.0544. The van der Waals surface area contributed by atoms with Crippen LogP contribution in [0.2, 0.25) is 0 Å². The number of carbonyl (C=O) groups excluding carboxylic acids is 2. The van der Waals surface area contributed by atoms with Gasteiger partial charge in [-0.2, -0.15) is 0 Å². The van der Waals surface area contributed by atoms with Gasteiger partial charge >= 0.3 is 6.09 Å². The van der Waals surface area contributed by atoms with Crippen LogP contribution < -0.4 is 4.74 Å². The maximum Gasteiger partial charge on any atom is 0.419 e. The first-order valence-corrected chi connectivity index (χ1v) is 6.65. The molecule has 0 amide bonds. The number of fused-ring (bicyclic) bond motifs is 1. The third kappa shape index (κ3) is 2.91. The van der Waals surface area contributed by atoms with Crippen LogP contribution in [0.3, 0.4) is 0 Å². The molecule has 0 N–H and O–H groups in total. The first kappa shape index (κ1) is 15.1. The second-order valence-electron chi connectivity index (χ2n) is 5.89. The van der Waals surface area contributed by atoms with Crippen LogP contribution in [0.25, 0.3) is 10.9 Å². The van der Waals surface area contributed by atoms with Crippen LogP contribution in [0.5, 0.6) is 5.75 Å². The standard InChI is InChI=1S/C16H19NO4/c1-10-6-12(20-5)7-13-11(9-18)8-17(14(10)13)15(19)21-16(2,3)4/h6-9H,1-5H3. The van der Waals surface area contributed by atoms with Crippen LogP contribution in [0.4, 0.5) is 4.79 Å². The number of methoxy groups -OCH3 is 1. The fourth-order valence-corrected chi connectivity index (χ4v) is 2.23. The van der Waals surface area contributed by atoms with E-state index in [0.717, 1.165) is 11.8 Å². The quantitative estimate of drug-likeness (QED) is 0.793. The SMILES string of the molecule is COc1cc(C)c2c(c1)c(C=O)cn2C(=O)OC(C)(C)C. The molecule has 0 saturated heterocycles. The summed E-state index contributed by atoms with van der Waals surface area (Å²) in [5.41, 5.74) is 1.32. The lowest BCUT2D eigenvalue weighted by Crippen LogP contribution is -2.26. The molecule has 2 rings (SSSR count). The van der Waals surface area contributed by atoms with Crippen molar-refractivity contribution in [1.29, 1.82) is 0 Å². The van der Waals surface area contributed by atoms with Gasteiger partial charge in [-0.1, -0.05) is 0 Å².